The van der Waals surface area contributed by atoms with E-state index in [1.807, 2.05) is 43.3 Å². The number of rotatable bonds is 15. The molecule has 33 heavy (non-hydrogen) atoms. The normalized spacial score (nSPS) is 13.0. The van der Waals surface area contributed by atoms with Crippen LogP contribution in [0.3, 0.4) is 0 Å². The Morgan fingerprint density at radius 2 is 1.36 bits per heavy atom. The zero-order valence-electron chi connectivity index (χ0n) is 20.8. The molecule has 2 aromatic rings. The van der Waals surface area contributed by atoms with Gasteiger partial charge in [-0.2, -0.15) is 0 Å². The highest BCUT2D eigenvalue weighted by molar-refractivity contribution is 6.30. The number of carbonyl (C=O) groups is 1. The van der Waals surface area contributed by atoms with Crippen molar-refractivity contribution < 1.29 is 14.3 Å². The molecule has 182 valence electrons. The fourth-order valence-corrected chi connectivity index (χ4v) is 3.92. The van der Waals surface area contributed by atoms with E-state index in [1.54, 1.807) is 0 Å². The van der Waals surface area contributed by atoms with Gasteiger partial charge in [0.05, 0.1) is 6.61 Å². The molecule has 0 heterocycles. The lowest BCUT2D eigenvalue weighted by atomic mass is 9.97. The summed E-state index contributed by atoms with van der Waals surface area (Å²) in [7, 11) is 0. The lowest BCUT2D eigenvalue weighted by Gasteiger charge is -2.17. The van der Waals surface area contributed by atoms with Crippen LogP contribution in [0.15, 0.2) is 48.5 Å². The number of esters is 1. The van der Waals surface area contributed by atoms with Crippen molar-refractivity contribution in [3.05, 3.63) is 48.5 Å². The first-order valence-electron chi connectivity index (χ1n) is 12.6. The Hall–Kier alpha value is -2.00. The van der Waals surface area contributed by atoms with E-state index in [0.29, 0.717) is 11.7 Å². The molecule has 2 aromatic carbocycles. The Labute approximate surface area is 205 Å². The Morgan fingerprint density at radius 3 is 1.94 bits per heavy atom. The summed E-state index contributed by atoms with van der Waals surface area (Å²) in [5.41, 5.74) is 2.16. The van der Waals surface area contributed by atoms with Gasteiger partial charge >= 0.3 is 5.97 Å². The topological polar surface area (TPSA) is 35.5 Å². The van der Waals surface area contributed by atoms with Gasteiger partial charge in [-0.1, -0.05) is 90.5 Å². The minimum absolute atomic E-state index is 0.0919. The monoisotopic (exact) mass is 472 g/mol. The SMILES string of the molecule is CCCCCCCOc1ccc(-c2ccc(OC(=O)C(Cl)C(C)CCCC(C)C)cc2)cc1. The van der Waals surface area contributed by atoms with E-state index in [-0.39, 0.29) is 11.9 Å². The molecule has 0 aromatic heterocycles. The second-order valence-electron chi connectivity index (χ2n) is 9.44. The number of halogens is 1. The molecular weight excluding hydrogens is 432 g/mol. The molecule has 3 nitrogen and oxygen atoms in total. The Bertz CT molecular complexity index is 799. The van der Waals surface area contributed by atoms with Gasteiger partial charge in [-0.25, -0.2) is 0 Å². The molecule has 0 amide bonds. The molecule has 0 spiro atoms. The van der Waals surface area contributed by atoms with Crippen molar-refractivity contribution in [3.8, 4) is 22.6 Å². The maximum absolute atomic E-state index is 12.4. The van der Waals surface area contributed by atoms with Crippen LogP contribution in [0.4, 0.5) is 0 Å². The molecule has 0 N–H and O–H groups in total. The number of unbranched alkanes of at least 4 members (excludes halogenated alkanes) is 4. The predicted octanol–water partition coefficient (Wildman–Crippen LogP) is 8.68. The molecule has 4 heteroatoms. The van der Waals surface area contributed by atoms with Gasteiger partial charge in [0, 0.05) is 0 Å². The third-order valence-corrected chi connectivity index (χ3v) is 6.55. The highest BCUT2D eigenvalue weighted by Gasteiger charge is 2.24. The van der Waals surface area contributed by atoms with Crippen molar-refractivity contribution in [2.45, 2.75) is 84.4 Å². The van der Waals surface area contributed by atoms with Gasteiger partial charge in [-0.3, -0.25) is 4.79 Å². The van der Waals surface area contributed by atoms with E-state index in [2.05, 4.69) is 32.9 Å². The van der Waals surface area contributed by atoms with Crippen LogP contribution in [0.1, 0.15) is 79.1 Å². The molecule has 0 radical (unpaired) electrons. The van der Waals surface area contributed by atoms with Crippen molar-refractivity contribution in [2.24, 2.45) is 11.8 Å². The summed E-state index contributed by atoms with van der Waals surface area (Å²) in [6.45, 7) is 9.42. The number of ether oxygens (including phenoxy) is 2. The summed E-state index contributed by atoms with van der Waals surface area (Å²) in [5, 5.41) is -0.629. The summed E-state index contributed by atoms with van der Waals surface area (Å²) in [4.78, 5) is 12.4. The Morgan fingerprint density at radius 1 is 0.788 bits per heavy atom. The first kappa shape index (κ1) is 27.2. The molecule has 0 aliphatic heterocycles. The second-order valence-corrected chi connectivity index (χ2v) is 9.91. The quantitative estimate of drug-likeness (QED) is 0.112. The molecule has 0 fully saturated rings. The van der Waals surface area contributed by atoms with Gasteiger partial charge in [-0.05, 0) is 60.1 Å². The smallest absolute Gasteiger partial charge is 0.329 e. The van der Waals surface area contributed by atoms with E-state index >= 15 is 0 Å². The Balaban J connectivity index is 1.81. The zero-order valence-corrected chi connectivity index (χ0v) is 21.6. The van der Waals surface area contributed by atoms with Gasteiger partial charge in [0.2, 0.25) is 0 Å². The number of alkyl halides is 1. The summed E-state index contributed by atoms with van der Waals surface area (Å²) < 4.78 is 11.4. The molecule has 2 atom stereocenters. The molecule has 0 bridgehead atoms. The van der Waals surface area contributed by atoms with Crippen LogP contribution in [0, 0.1) is 11.8 Å². The second kappa shape index (κ2) is 15.0. The highest BCUT2D eigenvalue weighted by Crippen LogP contribution is 2.26. The summed E-state index contributed by atoms with van der Waals surface area (Å²) in [6.07, 6.45) is 9.33. The fourth-order valence-electron chi connectivity index (χ4n) is 3.75. The highest BCUT2D eigenvalue weighted by atomic mass is 35.5. The number of benzene rings is 2. The first-order chi connectivity index (χ1) is 15.9. The lowest BCUT2D eigenvalue weighted by molar-refractivity contribution is -0.134. The summed E-state index contributed by atoms with van der Waals surface area (Å²) in [5.74, 6) is 1.80. The standard InChI is InChI=1S/C29H41ClO3/c1-5-6-7-8-9-21-32-26-17-13-24(14-18-26)25-15-19-27(20-16-25)33-29(31)28(30)23(4)12-10-11-22(2)3/h13-20,22-23,28H,5-12,21H2,1-4H3. The molecule has 0 aliphatic rings. The first-order valence-corrected chi connectivity index (χ1v) is 13.0. The molecule has 2 unspecified atom stereocenters. The molecular formula is C29H41ClO3. The minimum atomic E-state index is -0.629. The van der Waals surface area contributed by atoms with Crippen LogP contribution in [-0.2, 0) is 4.79 Å². The maximum atomic E-state index is 12.4. The van der Waals surface area contributed by atoms with Crippen LogP contribution in [-0.4, -0.2) is 18.0 Å². The molecule has 0 aliphatic carbocycles. The average molecular weight is 473 g/mol. The minimum Gasteiger partial charge on any atom is -0.494 e. The van der Waals surface area contributed by atoms with Crippen LogP contribution < -0.4 is 9.47 Å². The predicted molar refractivity (Wildman–Crippen MR) is 139 cm³/mol. The maximum Gasteiger partial charge on any atom is 0.329 e. The summed E-state index contributed by atoms with van der Waals surface area (Å²) >= 11 is 6.37. The average Bonchev–Trinajstić information content (AvgIpc) is 2.81. The van der Waals surface area contributed by atoms with Crippen LogP contribution in [0.25, 0.3) is 11.1 Å². The Kier molecular flexibility index (Phi) is 12.4. The van der Waals surface area contributed by atoms with Crippen LogP contribution >= 0.6 is 11.6 Å². The van der Waals surface area contributed by atoms with Crippen molar-refractivity contribution in [2.75, 3.05) is 6.61 Å². The van der Waals surface area contributed by atoms with Crippen molar-refractivity contribution in [1.29, 1.82) is 0 Å². The zero-order chi connectivity index (χ0) is 24.1. The van der Waals surface area contributed by atoms with Crippen molar-refractivity contribution in [1.82, 2.24) is 0 Å². The largest absolute Gasteiger partial charge is 0.494 e. The third kappa shape index (κ3) is 10.2. The third-order valence-electron chi connectivity index (χ3n) is 5.94. The van der Waals surface area contributed by atoms with E-state index < -0.39 is 5.38 Å². The van der Waals surface area contributed by atoms with Gasteiger partial charge in [0.15, 0.2) is 0 Å². The van der Waals surface area contributed by atoms with Crippen LogP contribution in [0.2, 0.25) is 0 Å². The van der Waals surface area contributed by atoms with Gasteiger partial charge < -0.3 is 9.47 Å². The lowest BCUT2D eigenvalue weighted by Crippen LogP contribution is -2.27. The summed E-state index contributed by atoms with van der Waals surface area (Å²) in [6, 6.07) is 15.7. The van der Waals surface area contributed by atoms with Gasteiger partial charge in [-0.15, -0.1) is 11.6 Å². The number of hydrogen-bond donors (Lipinski definition) is 0. The van der Waals surface area contributed by atoms with E-state index in [0.717, 1.165) is 49.2 Å². The number of hydrogen-bond acceptors (Lipinski definition) is 3. The molecule has 0 saturated carbocycles. The van der Waals surface area contributed by atoms with Gasteiger partial charge in [0.1, 0.15) is 16.9 Å². The van der Waals surface area contributed by atoms with Gasteiger partial charge in [0.25, 0.3) is 0 Å². The van der Waals surface area contributed by atoms with Crippen LogP contribution in [0.5, 0.6) is 11.5 Å². The number of carbonyl (C=O) groups excluding carboxylic acids is 1. The van der Waals surface area contributed by atoms with E-state index in [1.165, 1.54) is 25.7 Å². The fraction of sp³-hybridized carbons (Fsp3) is 0.552. The van der Waals surface area contributed by atoms with Crippen molar-refractivity contribution in [3.63, 3.8) is 0 Å². The van der Waals surface area contributed by atoms with Crippen molar-refractivity contribution >= 4 is 17.6 Å². The van der Waals surface area contributed by atoms with E-state index in [9.17, 15) is 4.79 Å². The van der Waals surface area contributed by atoms with E-state index in [4.69, 9.17) is 21.1 Å². The molecule has 2 rings (SSSR count). The molecule has 0 saturated heterocycles.